The van der Waals surface area contributed by atoms with Gasteiger partial charge in [-0.2, -0.15) is 0 Å². The molecule has 2 rings (SSSR count). The Bertz CT molecular complexity index is 713. The molecule has 2 N–H and O–H groups in total. The van der Waals surface area contributed by atoms with Crippen molar-refractivity contribution in [2.75, 3.05) is 37.0 Å². The largest absolute Gasteiger partial charge is 0.405 e. The Kier molecular flexibility index (Phi) is 6.52. The number of halogens is 3. The number of alkyl halides is 1. The Hall–Kier alpha value is -2.41. The zero-order valence-electron chi connectivity index (χ0n) is 13.6. The molecule has 0 aliphatic carbocycles. The average Bonchev–Trinajstić information content (AvgIpc) is 2.63. The number of anilines is 1. The summed E-state index contributed by atoms with van der Waals surface area (Å²) in [5, 5.41) is 0. The summed E-state index contributed by atoms with van der Waals surface area (Å²) in [6, 6.07) is 2.93. The summed E-state index contributed by atoms with van der Waals surface area (Å²) in [6.07, 6.45) is 4.07. The van der Waals surface area contributed by atoms with E-state index in [2.05, 4.69) is 11.6 Å². The molecular formula is C17H19ClF2N4O. The van der Waals surface area contributed by atoms with Gasteiger partial charge in [0.15, 0.2) is 11.6 Å². The number of rotatable bonds is 5. The molecule has 134 valence electrons. The average molecular weight is 369 g/mol. The van der Waals surface area contributed by atoms with Crippen LogP contribution in [0.25, 0.3) is 5.70 Å². The van der Waals surface area contributed by atoms with Crippen LogP contribution in [0.2, 0.25) is 0 Å². The molecule has 0 radical (unpaired) electrons. The van der Waals surface area contributed by atoms with Crippen LogP contribution in [0.3, 0.4) is 0 Å². The van der Waals surface area contributed by atoms with Crippen molar-refractivity contribution in [1.29, 1.82) is 0 Å². The van der Waals surface area contributed by atoms with E-state index in [1.165, 1.54) is 30.6 Å². The molecule has 1 saturated heterocycles. The van der Waals surface area contributed by atoms with Crippen LogP contribution in [0.5, 0.6) is 0 Å². The zero-order valence-corrected chi connectivity index (χ0v) is 14.3. The maximum Gasteiger partial charge on any atom is 0.237 e. The highest BCUT2D eigenvalue weighted by Gasteiger charge is 2.24. The summed E-state index contributed by atoms with van der Waals surface area (Å²) in [4.78, 5) is 18.8. The van der Waals surface area contributed by atoms with Gasteiger partial charge in [0.2, 0.25) is 5.91 Å². The third-order valence-corrected chi connectivity index (χ3v) is 4.12. The van der Waals surface area contributed by atoms with E-state index in [0.717, 1.165) is 0 Å². The molecule has 1 aromatic rings. The third kappa shape index (κ3) is 4.36. The molecule has 1 aliphatic heterocycles. The van der Waals surface area contributed by atoms with E-state index >= 15 is 0 Å². The minimum absolute atomic E-state index is 0.0149. The smallest absolute Gasteiger partial charge is 0.237 e. The quantitative estimate of drug-likeness (QED) is 0.641. The van der Waals surface area contributed by atoms with E-state index in [0.29, 0.717) is 26.2 Å². The molecule has 5 nitrogen and oxygen atoms in total. The van der Waals surface area contributed by atoms with Crippen LogP contribution < -0.4 is 10.6 Å². The topological polar surface area (TPSA) is 61.9 Å². The van der Waals surface area contributed by atoms with Crippen molar-refractivity contribution in [1.82, 2.24) is 4.90 Å². The number of amides is 1. The second-order valence-corrected chi connectivity index (χ2v) is 5.64. The van der Waals surface area contributed by atoms with Crippen LogP contribution in [0.15, 0.2) is 36.0 Å². The summed E-state index contributed by atoms with van der Waals surface area (Å²) < 4.78 is 28.8. The first kappa shape index (κ1) is 18.9. The first-order chi connectivity index (χ1) is 12.0. The van der Waals surface area contributed by atoms with Gasteiger partial charge < -0.3 is 15.5 Å². The summed E-state index contributed by atoms with van der Waals surface area (Å²) in [5.74, 6) is -2.21. The molecule has 0 unspecified atom stereocenters. The first-order valence-electron chi connectivity index (χ1n) is 7.66. The monoisotopic (exact) mass is 368 g/mol. The lowest BCUT2D eigenvalue weighted by Crippen LogP contribution is -2.49. The molecule has 1 amide bonds. The van der Waals surface area contributed by atoms with Crippen LogP contribution in [-0.2, 0) is 4.79 Å². The van der Waals surface area contributed by atoms with E-state index < -0.39 is 11.6 Å². The molecule has 8 heteroatoms. The lowest BCUT2D eigenvalue weighted by Gasteiger charge is -2.36. The fourth-order valence-corrected chi connectivity index (χ4v) is 2.71. The van der Waals surface area contributed by atoms with Gasteiger partial charge in [0.25, 0.3) is 0 Å². The zero-order chi connectivity index (χ0) is 18.4. The highest BCUT2D eigenvalue weighted by Crippen LogP contribution is 2.28. The van der Waals surface area contributed by atoms with Gasteiger partial charge in [-0.15, -0.1) is 11.6 Å². The molecule has 0 atom stereocenters. The Morgan fingerprint density at radius 2 is 1.96 bits per heavy atom. The number of hydrogen-bond donors (Lipinski definition) is 1. The molecule has 0 aromatic heterocycles. The van der Waals surface area contributed by atoms with Crippen LogP contribution in [0.1, 0.15) is 5.56 Å². The molecule has 1 aromatic carbocycles. The van der Waals surface area contributed by atoms with Crippen molar-refractivity contribution in [3.05, 3.63) is 48.2 Å². The van der Waals surface area contributed by atoms with Gasteiger partial charge in [-0.3, -0.25) is 9.79 Å². The lowest BCUT2D eigenvalue weighted by molar-refractivity contribution is -0.128. The number of carbonyl (C=O) groups excluding carboxylic acids is 1. The van der Waals surface area contributed by atoms with Crippen LogP contribution in [0, 0.1) is 11.6 Å². The van der Waals surface area contributed by atoms with Gasteiger partial charge in [0.05, 0.1) is 11.4 Å². The van der Waals surface area contributed by atoms with Gasteiger partial charge in [-0.1, -0.05) is 6.58 Å². The Morgan fingerprint density at radius 1 is 1.28 bits per heavy atom. The minimum Gasteiger partial charge on any atom is -0.405 e. The molecule has 1 aliphatic rings. The second kappa shape index (κ2) is 8.62. The standard InChI is InChI=1S/C17H19ClF2N4O/c1-12(22-6-2-5-21)13-3-4-14(17(20)16(13)19)23-7-9-24(10-8-23)15(25)11-18/h2-6H,1,7-11,21H2/b5-2-,22-6?. The lowest BCUT2D eigenvalue weighted by atomic mass is 10.1. The van der Waals surface area contributed by atoms with E-state index in [-0.39, 0.29) is 28.7 Å². The predicted molar refractivity (Wildman–Crippen MR) is 96.7 cm³/mol. The van der Waals surface area contributed by atoms with E-state index in [1.807, 2.05) is 0 Å². The highest BCUT2D eigenvalue weighted by atomic mass is 35.5. The van der Waals surface area contributed by atoms with E-state index in [4.69, 9.17) is 17.3 Å². The van der Waals surface area contributed by atoms with Crippen molar-refractivity contribution in [2.24, 2.45) is 10.7 Å². The van der Waals surface area contributed by atoms with Crippen molar-refractivity contribution in [3.8, 4) is 0 Å². The Labute approximate surface area is 150 Å². The maximum atomic E-state index is 14.5. The number of allylic oxidation sites excluding steroid dienone is 1. The van der Waals surface area contributed by atoms with Crippen LogP contribution in [-0.4, -0.2) is 49.1 Å². The normalized spacial score (nSPS) is 15.3. The number of aliphatic imine (C=N–C) groups is 1. The number of nitrogens with two attached hydrogens (primary N) is 1. The molecular weight excluding hydrogens is 350 g/mol. The summed E-state index contributed by atoms with van der Waals surface area (Å²) in [6.45, 7) is 5.26. The first-order valence-corrected chi connectivity index (χ1v) is 8.20. The molecule has 0 spiro atoms. The SMILES string of the molecule is C=C(N=C/C=C\N)c1ccc(N2CCN(C(=O)CCl)CC2)c(F)c1F. The molecule has 0 bridgehead atoms. The van der Waals surface area contributed by atoms with Crippen molar-refractivity contribution in [2.45, 2.75) is 0 Å². The Balaban J connectivity index is 2.15. The molecule has 0 saturated carbocycles. The second-order valence-electron chi connectivity index (χ2n) is 5.37. The third-order valence-electron chi connectivity index (χ3n) is 3.89. The van der Waals surface area contributed by atoms with Crippen LogP contribution in [0.4, 0.5) is 14.5 Å². The van der Waals surface area contributed by atoms with Gasteiger partial charge in [0.1, 0.15) is 5.88 Å². The van der Waals surface area contributed by atoms with Gasteiger partial charge in [-0.05, 0) is 24.4 Å². The van der Waals surface area contributed by atoms with Gasteiger partial charge in [0, 0.05) is 38.0 Å². The molecule has 25 heavy (non-hydrogen) atoms. The number of nitrogens with zero attached hydrogens (tertiary/aromatic N) is 3. The summed E-state index contributed by atoms with van der Waals surface area (Å²) in [7, 11) is 0. The fourth-order valence-electron chi connectivity index (χ4n) is 2.54. The highest BCUT2D eigenvalue weighted by molar-refractivity contribution is 6.27. The van der Waals surface area contributed by atoms with Crippen LogP contribution >= 0.6 is 11.6 Å². The fraction of sp³-hybridized carbons (Fsp3) is 0.294. The predicted octanol–water partition coefficient (Wildman–Crippen LogP) is 2.37. The summed E-state index contributed by atoms with van der Waals surface area (Å²) >= 11 is 5.53. The van der Waals surface area contributed by atoms with Gasteiger partial charge in [-0.25, -0.2) is 8.78 Å². The number of hydrogen-bond acceptors (Lipinski definition) is 4. The number of carbonyl (C=O) groups is 1. The van der Waals surface area contributed by atoms with Crippen molar-refractivity contribution >= 4 is 35.1 Å². The maximum absolute atomic E-state index is 14.5. The van der Waals surface area contributed by atoms with E-state index in [9.17, 15) is 13.6 Å². The van der Waals surface area contributed by atoms with Crippen molar-refractivity contribution < 1.29 is 13.6 Å². The molecule has 1 heterocycles. The number of benzene rings is 1. The van der Waals surface area contributed by atoms with Crippen molar-refractivity contribution in [3.63, 3.8) is 0 Å². The Morgan fingerprint density at radius 3 is 2.56 bits per heavy atom. The van der Waals surface area contributed by atoms with E-state index in [1.54, 1.807) is 9.80 Å². The van der Waals surface area contributed by atoms with Gasteiger partial charge >= 0.3 is 0 Å². The number of piperazine rings is 1. The molecule has 1 fully saturated rings. The summed E-state index contributed by atoms with van der Waals surface area (Å²) in [5.41, 5.74) is 5.41. The minimum atomic E-state index is -1.00.